The van der Waals surface area contributed by atoms with Crippen molar-refractivity contribution in [1.29, 1.82) is 0 Å². The van der Waals surface area contributed by atoms with E-state index in [1.54, 1.807) is 6.92 Å². The average molecular weight is 306 g/mol. The maximum atomic E-state index is 12.1. The Morgan fingerprint density at radius 3 is 2.40 bits per heavy atom. The molecule has 6 heteroatoms. The topological polar surface area (TPSA) is 70.2 Å². The Balaban J connectivity index is 0.00000361. The molecule has 0 spiro atoms. The molecule has 0 aliphatic carbocycles. The molecule has 0 bridgehead atoms. The monoisotopic (exact) mass is 305 g/mol. The largest absolute Gasteiger partial charge is 0.350 e. The van der Waals surface area contributed by atoms with Crippen molar-refractivity contribution in [3.8, 4) is 0 Å². The zero-order valence-corrected chi connectivity index (χ0v) is 13.9. The molecular weight excluding hydrogens is 278 g/mol. The molecule has 118 valence electrons. The molecule has 0 radical (unpaired) electrons. The van der Waals surface area contributed by atoms with Gasteiger partial charge in [-0.25, -0.2) is 0 Å². The van der Waals surface area contributed by atoms with Gasteiger partial charge in [0.15, 0.2) is 0 Å². The third kappa shape index (κ3) is 6.57. The van der Waals surface area contributed by atoms with Gasteiger partial charge in [-0.05, 0) is 54.0 Å². The van der Waals surface area contributed by atoms with E-state index < -0.39 is 6.04 Å². The van der Waals surface area contributed by atoms with Gasteiger partial charge < -0.3 is 16.0 Å². The van der Waals surface area contributed by atoms with Gasteiger partial charge in [-0.2, -0.15) is 0 Å². The van der Waals surface area contributed by atoms with Gasteiger partial charge in [0.25, 0.3) is 0 Å². The second-order valence-electron chi connectivity index (χ2n) is 6.55. The molecule has 1 saturated heterocycles. The van der Waals surface area contributed by atoms with E-state index in [-0.39, 0.29) is 35.7 Å². The van der Waals surface area contributed by atoms with Crippen molar-refractivity contribution < 1.29 is 9.59 Å². The first-order valence-electron chi connectivity index (χ1n) is 7.05. The van der Waals surface area contributed by atoms with Crippen LogP contribution in [-0.2, 0) is 9.59 Å². The number of carbonyl (C=O) groups excluding carboxylic acids is 2. The van der Waals surface area contributed by atoms with Gasteiger partial charge >= 0.3 is 0 Å². The number of hydrogen-bond donors (Lipinski definition) is 3. The molecule has 5 nitrogen and oxygen atoms in total. The molecule has 1 aliphatic heterocycles. The quantitative estimate of drug-likeness (QED) is 0.734. The van der Waals surface area contributed by atoms with Crippen molar-refractivity contribution in [3.05, 3.63) is 0 Å². The van der Waals surface area contributed by atoms with Gasteiger partial charge in [-0.15, -0.1) is 12.4 Å². The minimum atomic E-state index is -0.489. The lowest BCUT2D eigenvalue weighted by molar-refractivity contribution is -0.132. The van der Waals surface area contributed by atoms with Crippen molar-refractivity contribution >= 4 is 24.2 Å². The van der Waals surface area contributed by atoms with Gasteiger partial charge in [0.05, 0.1) is 0 Å². The van der Waals surface area contributed by atoms with Gasteiger partial charge in [-0.3, -0.25) is 9.59 Å². The van der Waals surface area contributed by atoms with Crippen molar-refractivity contribution in [1.82, 2.24) is 16.0 Å². The minimum Gasteiger partial charge on any atom is -0.350 e. The lowest BCUT2D eigenvalue weighted by Crippen LogP contribution is -2.52. The van der Waals surface area contributed by atoms with Crippen LogP contribution < -0.4 is 16.0 Å². The number of rotatable bonds is 3. The number of amides is 2. The molecule has 1 rings (SSSR count). The summed E-state index contributed by atoms with van der Waals surface area (Å²) in [6.45, 7) is 10.4. The molecule has 0 aromatic rings. The van der Waals surface area contributed by atoms with Gasteiger partial charge in [0.1, 0.15) is 6.04 Å². The molecule has 20 heavy (non-hydrogen) atoms. The Kier molecular flexibility index (Phi) is 7.52. The highest BCUT2D eigenvalue weighted by molar-refractivity contribution is 5.88. The maximum absolute atomic E-state index is 12.1. The summed E-state index contributed by atoms with van der Waals surface area (Å²) in [5, 5.41) is 9.00. The van der Waals surface area contributed by atoms with E-state index in [0.29, 0.717) is 6.04 Å². The normalized spacial score (nSPS) is 24.2. The highest BCUT2D eigenvalue weighted by Gasteiger charge is 2.27. The first-order valence-corrected chi connectivity index (χ1v) is 7.05. The van der Waals surface area contributed by atoms with Crippen molar-refractivity contribution in [2.75, 3.05) is 6.54 Å². The zero-order chi connectivity index (χ0) is 14.6. The van der Waals surface area contributed by atoms with Crippen LogP contribution >= 0.6 is 12.4 Å². The predicted octanol–water partition coefficient (Wildman–Crippen LogP) is 1.22. The van der Waals surface area contributed by atoms with Crippen LogP contribution in [0.25, 0.3) is 0 Å². The van der Waals surface area contributed by atoms with E-state index in [4.69, 9.17) is 0 Å². The Hall–Kier alpha value is -0.810. The summed E-state index contributed by atoms with van der Waals surface area (Å²) >= 11 is 0. The van der Waals surface area contributed by atoms with Crippen LogP contribution in [0.15, 0.2) is 0 Å². The molecule has 3 atom stereocenters. The van der Waals surface area contributed by atoms with Crippen molar-refractivity contribution in [3.63, 3.8) is 0 Å². The summed E-state index contributed by atoms with van der Waals surface area (Å²) in [5.41, 5.74) is -0.278. The van der Waals surface area contributed by atoms with Crippen LogP contribution in [0, 0.1) is 5.92 Å². The van der Waals surface area contributed by atoms with Crippen LogP contribution in [0.5, 0.6) is 0 Å². The summed E-state index contributed by atoms with van der Waals surface area (Å²) in [6, 6.07) is -0.125. The molecule has 1 unspecified atom stereocenters. The zero-order valence-electron chi connectivity index (χ0n) is 13.1. The molecule has 1 aliphatic rings. The lowest BCUT2D eigenvalue weighted by Gasteiger charge is -2.29. The highest BCUT2D eigenvalue weighted by Crippen LogP contribution is 2.16. The van der Waals surface area contributed by atoms with E-state index in [1.807, 2.05) is 20.8 Å². The first kappa shape index (κ1) is 19.2. The summed E-state index contributed by atoms with van der Waals surface area (Å²) in [5.74, 6) is -0.131. The van der Waals surface area contributed by atoms with Gasteiger partial charge in [0, 0.05) is 17.5 Å². The van der Waals surface area contributed by atoms with E-state index in [0.717, 1.165) is 19.4 Å². The Morgan fingerprint density at radius 2 is 1.90 bits per heavy atom. The standard InChI is InChI=1S/C14H27N3O2.ClH/c1-9-8-11(6-7-15-9)13(19)16-10(2)12(18)17-14(3,4)5;/h9-11,15H,6-8H2,1-5H3,(H,16,19)(H,17,18);1H/t9-,10?,11-;/m0./s1. The Labute approximate surface area is 128 Å². The van der Waals surface area contributed by atoms with Crippen LogP contribution in [0.2, 0.25) is 0 Å². The van der Waals surface area contributed by atoms with Crippen molar-refractivity contribution in [2.24, 2.45) is 5.92 Å². The third-order valence-corrected chi connectivity index (χ3v) is 3.24. The molecule has 0 saturated carbocycles. The highest BCUT2D eigenvalue weighted by atomic mass is 35.5. The SMILES string of the molecule is CC(NC(=O)[C@H]1CCN[C@@H](C)C1)C(=O)NC(C)(C)C.Cl. The maximum Gasteiger partial charge on any atom is 0.242 e. The average Bonchev–Trinajstić information content (AvgIpc) is 2.26. The van der Waals surface area contributed by atoms with E-state index in [2.05, 4.69) is 22.9 Å². The van der Waals surface area contributed by atoms with E-state index in [9.17, 15) is 9.59 Å². The molecule has 0 aromatic carbocycles. The Morgan fingerprint density at radius 1 is 1.30 bits per heavy atom. The second-order valence-corrected chi connectivity index (χ2v) is 6.55. The third-order valence-electron chi connectivity index (χ3n) is 3.24. The Bertz CT molecular complexity index is 342. The molecule has 2 amide bonds. The van der Waals surface area contributed by atoms with Crippen LogP contribution in [0.1, 0.15) is 47.5 Å². The van der Waals surface area contributed by atoms with Crippen LogP contribution in [-0.4, -0.2) is 36.0 Å². The van der Waals surface area contributed by atoms with E-state index in [1.165, 1.54) is 0 Å². The minimum absolute atomic E-state index is 0. The van der Waals surface area contributed by atoms with Gasteiger partial charge in [-0.1, -0.05) is 0 Å². The number of piperidine rings is 1. The molecular formula is C14H28ClN3O2. The fourth-order valence-corrected chi connectivity index (χ4v) is 2.24. The van der Waals surface area contributed by atoms with Crippen molar-refractivity contribution in [2.45, 2.75) is 65.1 Å². The number of carbonyl (C=O) groups is 2. The first-order chi connectivity index (χ1) is 8.69. The number of hydrogen-bond acceptors (Lipinski definition) is 3. The lowest BCUT2D eigenvalue weighted by atomic mass is 9.92. The fourth-order valence-electron chi connectivity index (χ4n) is 2.24. The summed E-state index contributed by atoms with van der Waals surface area (Å²) < 4.78 is 0. The summed E-state index contributed by atoms with van der Waals surface area (Å²) in [6.07, 6.45) is 1.67. The smallest absolute Gasteiger partial charge is 0.242 e. The number of halogens is 1. The van der Waals surface area contributed by atoms with Crippen LogP contribution in [0.4, 0.5) is 0 Å². The fraction of sp³-hybridized carbons (Fsp3) is 0.857. The second kappa shape index (κ2) is 7.84. The van der Waals surface area contributed by atoms with Crippen LogP contribution in [0.3, 0.4) is 0 Å². The molecule has 0 aromatic heterocycles. The summed E-state index contributed by atoms with van der Waals surface area (Å²) in [4.78, 5) is 24.0. The number of nitrogens with one attached hydrogen (secondary N) is 3. The molecule has 1 heterocycles. The molecule has 3 N–H and O–H groups in total. The van der Waals surface area contributed by atoms with E-state index >= 15 is 0 Å². The summed E-state index contributed by atoms with van der Waals surface area (Å²) in [7, 11) is 0. The predicted molar refractivity (Wildman–Crippen MR) is 82.9 cm³/mol. The molecule has 1 fully saturated rings. The van der Waals surface area contributed by atoms with Gasteiger partial charge in [0.2, 0.25) is 11.8 Å².